The van der Waals surface area contributed by atoms with E-state index in [1.165, 1.54) is 0 Å². The topological polar surface area (TPSA) is 58.1 Å². The molecular formula is C10H15ClN4O. The largest absolute Gasteiger partial charge is 0.355 e. The molecule has 1 N–H and O–H groups in total. The van der Waals surface area contributed by atoms with Crippen molar-refractivity contribution < 1.29 is 4.79 Å². The summed E-state index contributed by atoms with van der Waals surface area (Å²) in [4.78, 5) is 13.3. The van der Waals surface area contributed by atoms with Gasteiger partial charge in [-0.05, 0) is 26.0 Å². The molecule has 0 aliphatic heterocycles. The molecular weight excluding hydrogens is 228 g/mol. The molecule has 1 aromatic rings. The number of anilines is 1. The van der Waals surface area contributed by atoms with Crippen molar-refractivity contribution in [2.45, 2.75) is 13.8 Å². The second kappa shape index (κ2) is 6.27. The van der Waals surface area contributed by atoms with Crippen molar-refractivity contribution in [2.75, 3.05) is 24.5 Å². The highest BCUT2D eigenvalue weighted by atomic mass is 35.5. The molecule has 0 fully saturated rings. The Bertz CT molecular complexity index is 341. The minimum Gasteiger partial charge on any atom is -0.355 e. The van der Waals surface area contributed by atoms with E-state index in [-0.39, 0.29) is 12.5 Å². The highest BCUT2D eigenvalue weighted by Gasteiger charge is 2.10. The van der Waals surface area contributed by atoms with Crippen LogP contribution in [0.4, 0.5) is 5.82 Å². The summed E-state index contributed by atoms with van der Waals surface area (Å²) < 4.78 is 0. The highest BCUT2D eigenvalue weighted by Crippen LogP contribution is 2.10. The van der Waals surface area contributed by atoms with Crippen LogP contribution >= 0.6 is 11.6 Å². The zero-order valence-corrected chi connectivity index (χ0v) is 10.2. The van der Waals surface area contributed by atoms with Crippen LogP contribution in [0.1, 0.15) is 13.8 Å². The van der Waals surface area contributed by atoms with Crippen LogP contribution in [0.5, 0.6) is 0 Å². The fraction of sp³-hybridized carbons (Fsp3) is 0.500. The molecule has 0 saturated heterocycles. The number of amides is 1. The third-order valence-corrected chi connectivity index (χ3v) is 2.23. The quantitative estimate of drug-likeness (QED) is 0.840. The van der Waals surface area contributed by atoms with Crippen LogP contribution in [-0.4, -0.2) is 35.7 Å². The van der Waals surface area contributed by atoms with E-state index in [1.807, 2.05) is 18.7 Å². The first-order chi connectivity index (χ1) is 7.67. The molecule has 1 amide bonds. The number of rotatable bonds is 5. The van der Waals surface area contributed by atoms with E-state index in [1.54, 1.807) is 12.1 Å². The van der Waals surface area contributed by atoms with Gasteiger partial charge in [0.05, 0.1) is 6.54 Å². The molecule has 5 nitrogen and oxygen atoms in total. The molecule has 16 heavy (non-hydrogen) atoms. The van der Waals surface area contributed by atoms with Gasteiger partial charge in [0.25, 0.3) is 0 Å². The molecule has 6 heteroatoms. The molecule has 0 radical (unpaired) electrons. The first kappa shape index (κ1) is 12.7. The van der Waals surface area contributed by atoms with Gasteiger partial charge in [0.2, 0.25) is 5.91 Å². The standard InChI is InChI=1S/C10H15ClN4O/c1-3-12-10(16)7-15(4-2)9-6-5-8(11)13-14-9/h5-6H,3-4,7H2,1-2H3,(H,12,16). The smallest absolute Gasteiger partial charge is 0.239 e. The van der Waals surface area contributed by atoms with E-state index >= 15 is 0 Å². The number of carbonyl (C=O) groups excluding carboxylic acids is 1. The van der Waals surface area contributed by atoms with Crippen molar-refractivity contribution >= 4 is 23.3 Å². The predicted octanol–water partition coefficient (Wildman–Crippen LogP) is 1.09. The van der Waals surface area contributed by atoms with Crippen LogP contribution in [0, 0.1) is 0 Å². The van der Waals surface area contributed by atoms with Gasteiger partial charge in [-0.1, -0.05) is 11.6 Å². The van der Waals surface area contributed by atoms with Gasteiger partial charge < -0.3 is 10.2 Å². The molecule has 0 atom stereocenters. The molecule has 1 aromatic heterocycles. The molecule has 0 spiro atoms. The first-order valence-electron chi connectivity index (χ1n) is 5.18. The summed E-state index contributed by atoms with van der Waals surface area (Å²) in [6.07, 6.45) is 0. The third kappa shape index (κ3) is 3.66. The van der Waals surface area contributed by atoms with Crippen LogP contribution in [0.25, 0.3) is 0 Å². The Balaban J connectivity index is 2.67. The molecule has 0 bridgehead atoms. The number of nitrogens with one attached hydrogen (secondary N) is 1. The van der Waals surface area contributed by atoms with Gasteiger partial charge in [-0.2, -0.15) is 0 Å². The van der Waals surface area contributed by atoms with E-state index in [9.17, 15) is 4.79 Å². The van der Waals surface area contributed by atoms with Gasteiger partial charge in [0.1, 0.15) is 0 Å². The Labute approximate surface area is 99.8 Å². The lowest BCUT2D eigenvalue weighted by Crippen LogP contribution is -2.37. The number of carbonyl (C=O) groups is 1. The van der Waals surface area contributed by atoms with Crippen molar-refractivity contribution in [3.63, 3.8) is 0 Å². The average Bonchev–Trinajstić information content (AvgIpc) is 2.27. The summed E-state index contributed by atoms with van der Waals surface area (Å²) in [5.74, 6) is 0.624. The first-order valence-corrected chi connectivity index (χ1v) is 5.56. The molecule has 0 aliphatic rings. The molecule has 0 unspecified atom stereocenters. The van der Waals surface area contributed by atoms with Crippen molar-refractivity contribution in [3.8, 4) is 0 Å². The van der Waals surface area contributed by atoms with E-state index in [0.29, 0.717) is 24.1 Å². The zero-order valence-electron chi connectivity index (χ0n) is 9.40. The Morgan fingerprint density at radius 1 is 1.44 bits per heavy atom. The number of hydrogen-bond donors (Lipinski definition) is 1. The fourth-order valence-corrected chi connectivity index (χ4v) is 1.36. The van der Waals surface area contributed by atoms with Crippen molar-refractivity contribution in [1.82, 2.24) is 15.5 Å². The lowest BCUT2D eigenvalue weighted by atomic mass is 10.4. The fourth-order valence-electron chi connectivity index (χ4n) is 1.26. The predicted molar refractivity (Wildman–Crippen MR) is 63.6 cm³/mol. The number of hydrogen-bond acceptors (Lipinski definition) is 4. The van der Waals surface area contributed by atoms with Crippen LogP contribution in [-0.2, 0) is 4.79 Å². The maximum atomic E-state index is 11.4. The van der Waals surface area contributed by atoms with E-state index < -0.39 is 0 Å². The maximum Gasteiger partial charge on any atom is 0.239 e. The summed E-state index contributed by atoms with van der Waals surface area (Å²) in [7, 11) is 0. The van der Waals surface area contributed by atoms with Gasteiger partial charge in [-0.15, -0.1) is 10.2 Å². The summed E-state index contributed by atoms with van der Waals surface area (Å²) in [5, 5.41) is 10.8. The maximum absolute atomic E-state index is 11.4. The van der Waals surface area contributed by atoms with E-state index in [4.69, 9.17) is 11.6 Å². The lowest BCUT2D eigenvalue weighted by Gasteiger charge is -2.20. The van der Waals surface area contributed by atoms with Gasteiger partial charge in [-0.3, -0.25) is 4.79 Å². The minimum absolute atomic E-state index is 0.0268. The van der Waals surface area contributed by atoms with Gasteiger partial charge in [-0.25, -0.2) is 0 Å². The number of likely N-dealkylation sites (N-methyl/N-ethyl adjacent to an activating group) is 2. The van der Waals surface area contributed by atoms with Crippen LogP contribution in [0.2, 0.25) is 5.15 Å². The van der Waals surface area contributed by atoms with Crippen molar-refractivity contribution in [2.24, 2.45) is 0 Å². The lowest BCUT2D eigenvalue weighted by molar-refractivity contribution is -0.119. The minimum atomic E-state index is -0.0268. The summed E-state index contributed by atoms with van der Waals surface area (Å²) in [6.45, 7) is 5.43. The van der Waals surface area contributed by atoms with Crippen LogP contribution in [0.3, 0.4) is 0 Å². The third-order valence-electron chi connectivity index (χ3n) is 2.03. The van der Waals surface area contributed by atoms with E-state index in [2.05, 4.69) is 15.5 Å². The molecule has 0 aliphatic carbocycles. The van der Waals surface area contributed by atoms with Gasteiger partial charge >= 0.3 is 0 Å². The summed E-state index contributed by atoms with van der Waals surface area (Å²) in [5.41, 5.74) is 0. The second-order valence-corrected chi connectivity index (χ2v) is 3.57. The second-order valence-electron chi connectivity index (χ2n) is 3.18. The summed E-state index contributed by atoms with van der Waals surface area (Å²) in [6, 6.07) is 3.41. The highest BCUT2D eigenvalue weighted by molar-refractivity contribution is 6.29. The number of aromatic nitrogens is 2. The zero-order chi connectivity index (χ0) is 12.0. The monoisotopic (exact) mass is 242 g/mol. The van der Waals surface area contributed by atoms with Crippen LogP contribution in [0.15, 0.2) is 12.1 Å². The number of halogens is 1. The normalized spacial score (nSPS) is 9.94. The Kier molecular flexibility index (Phi) is 4.98. The van der Waals surface area contributed by atoms with E-state index in [0.717, 1.165) is 0 Å². The molecule has 1 heterocycles. The van der Waals surface area contributed by atoms with Crippen molar-refractivity contribution in [3.05, 3.63) is 17.3 Å². The van der Waals surface area contributed by atoms with Gasteiger partial charge in [0, 0.05) is 13.1 Å². The molecule has 0 saturated carbocycles. The Morgan fingerprint density at radius 3 is 2.69 bits per heavy atom. The van der Waals surface area contributed by atoms with Crippen molar-refractivity contribution in [1.29, 1.82) is 0 Å². The summed E-state index contributed by atoms with van der Waals surface area (Å²) >= 11 is 5.64. The SMILES string of the molecule is CCNC(=O)CN(CC)c1ccc(Cl)nn1. The number of nitrogens with zero attached hydrogens (tertiary/aromatic N) is 3. The molecule has 1 rings (SSSR count). The Hall–Kier alpha value is -1.36. The van der Waals surface area contributed by atoms with Crippen LogP contribution < -0.4 is 10.2 Å². The Morgan fingerprint density at radius 2 is 2.19 bits per heavy atom. The molecule has 0 aromatic carbocycles. The molecule has 88 valence electrons. The average molecular weight is 243 g/mol. The van der Waals surface area contributed by atoms with Gasteiger partial charge in [0.15, 0.2) is 11.0 Å².